The molecule has 3 heteroatoms. The molecule has 0 saturated heterocycles. The predicted octanol–water partition coefficient (Wildman–Crippen LogP) is 4.23. The van der Waals surface area contributed by atoms with Crippen LogP contribution in [0.25, 0.3) is 0 Å². The summed E-state index contributed by atoms with van der Waals surface area (Å²) >= 11 is 4.41. The summed E-state index contributed by atoms with van der Waals surface area (Å²) in [5.74, 6) is -1.17. The van der Waals surface area contributed by atoms with Gasteiger partial charge in [-0.15, -0.1) is 0 Å². The lowest BCUT2D eigenvalue weighted by Gasteiger charge is -2.26. The van der Waals surface area contributed by atoms with E-state index in [9.17, 15) is 8.78 Å². The van der Waals surface area contributed by atoms with Gasteiger partial charge in [-0.05, 0) is 49.7 Å². The Hall–Kier alpha value is -0.570. The molecule has 1 aromatic carbocycles. The zero-order valence-electron chi connectivity index (χ0n) is 9.34. The van der Waals surface area contributed by atoms with Gasteiger partial charge in [-0.2, -0.15) is 12.6 Å². The predicted molar refractivity (Wildman–Crippen MR) is 65.1 cm³/mol. The summed E-state index contributed by atoms with van der Waals surface area (Å²) in [5.41, 5.74) is 0.924. The summed E-state index contributed by atoms with van der Waals surface area (Å²) in [6, 6.07) is 3.40. The topological polar surface area (TPSA) is 0 Å². The molecule has 2 rings (SSSR count). The van der Waals surface area contributed by atoms with Crippen molar-refractivity contribution in [1.82, 2.24) is 0 Å². The van der Waals surface area contributed by atoms with Crippen molar-refractivity contribution in [2.24, 2.45) is 0 Å². The molecule has 0 aromatic heterocycles. The monoisotopic (exact) mass is 242 g/mol. The molecule has 1 saturated carbocycles. The standard InChI is InChI=1S/C13H16F2S/c1-8-2-7-11(13(15)12(8)14)9-3-5-10(16)6-4-9/h2,7,9-10,16H,3-6H2,1H3. The van der Waals surface area contributed by atoms with Crippen molar-refractivity contribution in [2.45, 2.75) is 43.8 Å². The minimum absolute atomic E-state index is 0.165. The molecule has 1 fully saturated rings. The van der Waals surface area contributed by atoms with Gasteiger partial charge in [0.05, 0.1) is 0 Å². The Bertz CT molecular complexity index is 382. The highest BCUT2D eigenvalue weighted by Crippen LogP contribution is 2.36. The summed E-state index contributed by atoms with van der Waals surface area (Å²) in [4.78, 5) is 0. The van der Waals surface area contributed by atoms with E-state index < -0.39 is 11.6 Å². The second-order valence-corrected chi connectivity index (χ2v) is 5.34. The second kappa shape index (κ2) is 4.74. The van der Waals surface area contributed by atoms with Crippen LogP contribution in [0.3, 0.4) is 0 Å². The molecule has 0 spiro atoms. The third kappa shape index (κ3) is 2.24. The third-order valence-electron chi connectivity index (χ3n) is 3.44. The van der Waals surface area contributed by atoms with Gasteiger partial charge in [-0.1, -0.05) is 12.1 Å². The van der Waals surface area contributed by atoms with E-state index in [1.54, 1.807) is 19.1 Å². The van der Waals surface area contributed by atoms with E-state index in [1.165, 1.54) is 0 Å². The van der Waals surface area contributed by atoms with Crippen molar-refractivity contribution in [1.29, 1.82) is 0 Å². The van der Waals surface area contributed by atoms with E-state index in [1.807, 2.05) is 0 Å². The largest absolute Gasteiger partial charge is 0.203 e. The Morgan fingerprint density at radius 3 is 2.31 bits per heavy atom. The van der Waals surface area contributed by atoms with Crippen LogP contribution in [0.2, 0.25) is 0 Å². The summed E-state index contributed by atoms with van der Waals surface area (Å²) in [7, 11) is 0. The maximum Gasteiger partial charge on any atom is 0.162 e. The van der Waals surface area contributed by atoms with Gasteiger partial charge in [0.1, 0.15) is 0 Å². The van der Waals surface area contributed by atoms with Gasteiger partial charge >= 0.3 is 0 Å². The number of halogens is 2. The van der Waals surface area contributed by atoms with Gasteiger partial charge in [0, 0.05) is 5.25 Å². The number of benzene rings is 1. The minimum atomic E-state index is -0.689. The first-order valence-corrected chi connectivity index (χ1v) is 6.23. The lowest BCUT2D eigenvalue weighted by atomic mass is 9.83. The highest BCUT2D eigenvalue weighted by molar-refractivity contribution is 7.80. The Labute approximate surface area is 100 Å². The first kappa shape index (κ1) is 11.9. The van der Waals surface area contributed by atoms with Crippen LogP contribution in [0, 0.1) is 18.6 Å². The molecular weight excluding hydrogens is 226 g/mol. The maximum atomic E-state index is 13.8. The van der Waals surface area contributed by atoms with E-state index >= 15 is 0 Å². The van der Waals surface area contributed by atoms with E-state index in [0.717, 1.165) is 25.7 Å². The Morgan fingerprint density at radius 1 is 1.06 bits per heavy atom. The minimum Gasteiger partial charge on any atom is -0.203 e. The Kier molecular flexibility index (Phi) is 3.53. The van der Waals surface area contributed by atoms with Crippen LogP contribution in [0.4, 0.5) is 8.78 Å². The van der Waals surface area contributed by atoms with E-state index in [2.05, 4.69) is 12.6 Å². The fourth-order valence-electron chi connectivity index (χ4n) is 2.36. The van der Waals surface area contributed by atoms with Crippen LogP contribution in [-0.2, 0) is 0 Å². The average molecular weight is 242 g/mol. The number of rotatable bonds is 1. The molecule has 0 atom stereocenters. The SMILES string of the molecule is Cc1ccc(C2CCC(S)CC2)c(F)c1F. The summed E-state index contributed by atoms with van der Waals surface area (Å²) in [6.07, 6.45) is 3.80. The number of aryl methyl sites for hydroxylation is 1. The molecule has 0 radical (unpaired) electrons. The molecule has 0 amide bonds. The normalized spacial score (nSPS) is 25.8. The first-order valence-electron chi connectivity index (χ1n) is 5.72. The summed E-state index contributed by atoms with van der Waals surface area (Å²) in [5, 5.41) is 0.426. The highest BCUT2D eigenvalue weighted by Gasteiger charge is 2.24. The van der Waals surface area contributed by atoms with Crippen LogP contribution < -0.4 is 0 Å². The van der Waals surface area contributed by atoms with E-state index in [-0.39, 0.29) is 5.92 Å². The molecule has 0 bridgehead atoms. The van der Waals surface area contributed by atoms with Crippen LogP contribution in [0.5, 0.6) is 0 Å². The van der Waals surface area contributed by atoms with Gasteiger partial charge in [0.2, 0.25) is 0 Å². The molecule has 0 nitrogen and oxygen atoms in total. The molecule has 0 N–H and O–H groups in total. The van der Waals surface area contributed by atoms with Crippen molar-refractivity contribution in [3.63, 3.8) is 0 Å². The van der Waals surface area contributed by atoms with Gasteiger partial charge in [0.25, 0.3) is 0 Å². The Balaban J connectivity index is 2.24. The van der Waals surface area contributed by atoms with Gasteiger partial charge in [-0.3, -0.25) is 0 Å². The molecular formula is C13H16F2S. The fraction of sp³-hybridized carbons (Fsp3) is 0.538. The van der Waals surface area contributed by atoms with Gasteiger partial charge < -0.3 is 0 Å². The van der Waals surface area contributed by atoms with Crippen LogP contribution in [0.1, 0.15) is 42.7 Å². The van der Waals surface area contributed by atoms with Crippen molar-refractivity contribution in [3.8, 4) is 0 Å². The summed E-state index contributed by atoms with van der Waals surface area (Å²) < 4.78 is 27.2. The number of thiol groups is 1. The van der Waals surface area contributed by atoms with E-state index in [4.69, 9.17) is 0 Å². The lowest BCUT2D eigenvalue weighted by Crippen LogP contribution is -2.14. The molecule has 0 aliphatic heterocycles. The van der Waals surface area contributed by atoms with Crippen LogP contribution in [0.15, 0.2) is 12.1 Å². The zero-order chi connectivity index (χ0) is 11.7. The Morgan fingerprint density at radius 2 is 1.69 bits per heavy atom. The summed E-state index contributed by atoms with van der Waals surface area (Å²) in [6.45, 7) is 1.59. The molecule has 1 aromatic rings. The molecule has 1 aliphatic carbocycles. The van der Waals surface area contributed by atoms with Crippen molar-refractivity contribution in [3.05, 3.63) is 34.9 Å². The van der Waals surface area contributed by atoms with Crippen LogP contribution in [-0.4, -0.2) is 5.25 Å². The molecule has 88 valence electrons. The lowest BCUT2D eigenvalue weighted by molar-refractivity contribution is 0.423. The van der Waals surface area contributed by atoms with Gasteiger partial charge in [-0.25, -0.2) is 8.78 Å². The molecule has 0 heterocycles. The third-order valence-corrected chi connectivity index (χ3v) is 3.96. The molecule has 1 aliphatic rings. The van der Waals surface area contributed by atoms with Crippen LogP contribution >= 0.6 is 12.6 Å². The number of hydrogen-bond donors (Lipinski definition) is 1. The van der Waals surface area contributed by atoms with Crippen molar-refractivity contribution < 1.29 is 8.78 Å². The van der Waals surface area contributed by atoms with Crippen molar-refractivity contribution >= 4 is 12.6 Å². The molecule has 0 unspecified atom stereocenters. The number of hydrogen-bond acceptors (Lipinski definition) is 1. The smallest absolute Gasteiger partial charge is 0.162 e. The van der Waals surface area contributed by atoms with Gasteiger partial charge in [0.15, 0.2) is 11.6 Å². The fourth-order valence-corrected chi connectivity index (χ4v) is 2.66. The second-order valence-electron chi connectivity index (χ2n) is 4.61. The zero-order valence-corrected chi connectivity index (χ0v) is 10.2. The van der Waals surface area contributed by atoms with E-state index in [0.29, 0.717) is 16.4 Å². The highest BCUT2D eigenvalue weighted by atomic mass is 32.1. The average Bonchev–Trinajstić information content (AvgIpc) is 2.28. The maximum absolute atomic E-state index is 13.8. The quantitative estimate of drug-likeness (QED) is 0.700. The first-order chi connectivity index (χ1) is 7.59. The molecule has 16 heavy (non-hydrogen) atoms. The van der Waals surface area contributed by atoms with Crippen molar-refractivity contribution in [2.75, 3.05) is 0 Å².